The van der Waals surface area contributed by atoms with E-state index in [1.807, 2.05) is 6.07 Å². The lowest BCUT2D eigenvalue weighted by Crippen LogP contribution is -2.57. The van der Waals surface area contributed by atoms with Gasteiger partial charge in [-0.1, -0.05) is 30.3 Å². The Bertz CT molecular complexity index is 1560. The maximum atomic E-state index is 13.9. The number of phenols is 1. The molecule has 0 heterocycles. The number of carbonyl (C=O) groups excluding carboxylic acids is 4. The number of nitrogens with one attached hydrogen (secondary N) is 1. The van der Waals surface area contributed by atoms with E-state index in [2.05, 4.69) is 5.32 Å². The van der Waals surface area contributed by atoms with Gasteiger partial charge in [0, 0.05) is 56.2 Å². The van der Waals surface area contributed by atoms with Gasteiger partial charge in [-0.25, -0.2) is 0 Å². The van der Waals surface area contributed by atoms with Gasteiger partial charge >= 0.3 is 0 Å². The van der Waals surface area contributed by atoms with Gasteiger partial charge in [-0.2, -0.15) is 0 Å². The molecule has 0 bridgehead atoms. The van der Waals surface area contributed by atoms with Crippen LogP contribution in [0.15, 0.2) is 59.1 Å². The standard InChI is InChI=1S/C30H31N3O8/c1-33(2)19-13-18(32-9-8-20(34)14-6-4-3-5-7-14)25(36)23-17(19)11-15-10-16-12-21(35)24(29(31)40)28(39)30(16,41)27(38)22(15)26(23)37/h3-7,13,15-16,32,35-36,38,41H,8-12H2,1-2H3,(H2,31,40)/t15-,16+,30+/m1/s1. The molecule has 214 valence electrons. The first-order valence-electron chi connectivity index (χ1n) is 13.2. The van der Waals surface area contributed by atoms with Crippen LogP contribution in [0.3, 0.4) is 0 Å². The Balaban J connectivity index is 1.53. The molecular formula is C30H31N3O8. The van der Waals surface area contributed by atoms with Crippen LogP contribution in [0.5, 0.6) is 5.75 Å². The van der Waals surface area contributed by atoms with E-state index in [-0.39, 0.29) is 60.6 Å². The molecule has 0 saturated carbocycles. The van der Waals surface area contributed by atoms with Crippen LogP contribution in [-0.4, -0.2) is 69.9 Å². The van der Waals surface area contributed by atoms with Crippen molar-refractivity contribution in [2.45, 2.75) is 31.3 Å². The topological polar surface area (TPSA) is 190 Å². The smallest absolute Gasteiger partial charge is 0.255 e. The second-order valence-corrected chi connectivity index (χ2v) is 10.9. The van der Waals surface area contributed by atoms with Gasteiger partial charge < -0.3 is 36.4 Å². The Morgan fingerprint density at radius 1 is 1.10 bits per heavy atom. The number of aliphatic hydroxyl groups is 3. The number of Topliss-reactive ketones (excluding diaryl/α,β-unsaturated/α-hetero) is 3. The second kappa shape index (κ2) is 10.1. The average Bonchev–Trinajstić information content (AvgIpc) is 2.91. The molecule has 2 aromatic rings. The van der Waals surface area contributed by atoms with Crippen LogP contribution < -0.4 is 16.0 Å². The van der Waals surface area contributed by atoms with Gasteiger partial charge in [0.05, 0.1) is 11.3 Å². The van der Waals surface area contributed by atoms with Crippen molar-refractivity contribution in [3.63, 3.8) is 0 Å². The number of hydrogen-bond acceptors (Lipinski definition) is 10. The number of rotatable bonds is 7. The molecule has 0 spiro atoms. The van der Waals surface area contributed by atoms with Crippen LogP contribution in [-0.2, 0) is 16.0 Å². The predicted octanol–water partition coefficient (Wildman–Crippen LogP) is 2.33. The monoisotopic (exact) mass is 561 g/mol. The molecule has 3 aliphatic rings. The molecule has 0 unspecified atom stereocenters. The number of amides is 1. The van der Waals surface area contributed by atoms with E-state index in [0.29, 0.717) is 16.8 Å². The number of phenolic OH excluding ortho intramolecular Hbond substituents is 1. The number of allylic oxidation sites excluding steroid dienone is 2. The van der Waals surface area contributed by atoms with Crippen molar-refractivity contribution < 1.29 is 39.6 Å². The molecule has 0 aromatic heterocycles. The number of aliphatic hydroxyl groups excluding tert-OH is 2. The normalized spacial score (nSPS) is 23.5. The van der Waals surface area contributed by atoms with Crippen molar-refractivity contribution in [1.29, 1.82) is 0 Å². The largest absolute Gasteiger partial charge is 0.511 e. The minimum absolute atomic E-state index is 0.0537. The number of anilines is 2. The van der Waals surface area contributed by atoms with E-state index >= 15 is 0 Å². The molecule has 5 rings (SSSR count). The van der Waals surface area contributed by atoms with Gasteiger partial charge in [0.15, 0.2) is 17.2 Å². The summed E-state index contributed by atoms with van der Waals surface area (Å²) in [5, 5.41) is 47.3. The van der Waals surface area contributed by atoms with Crippen LogP contribution >= 0.6 is 0 Å². The van der Waals surface area contributed by atoms with Crippen molar-refractivity contribution in [3.05, 3.63) is 75.8 Å². The first-order valence-corrected chi connectivity index (χ1v) is 13.2. The lowest BCUT2D eigenvalue weighted by molar-refractivity contribution is -0.144. The van der Waals surface area contributed by atoms with E-state index in [1.54, 1.807) is 49.3 Å². The molecular weight excluding hydrogens is 530 g/mol. The third kappa shape index (κ3) is 4.33. The lowest BCUT2D eigenvalue weighted by Gasteiger charge is -2.46. The highest BCUT2D eigenvalue weighted by atomic mass is 16.3. The molecule has 0 fully saturated rings. The van der Waals surface area contributed by atoms with E-state index < -0.39 is 52.0 Å². The number of nitrogens with two attached hydrogens (primary N) is 1. The minimum atomic E-state index is -2.62. The van der Waals surface area contributed by atoms with Crippen molar-refractivity contribution in [2.75, 3.05) is 30.9 Å². The number of fused-ring (bicyclic) bond motifs is 3. The summed E-state index contributed by atoms with van der Waals surface area (Å²) in [6.45, 7) is 0.166. The van der Waals surface area contributed by atoms with Crippen molar-refractivity contribution in [2.24, 2.45) is 17.6 Å². The highest BCUT2D eigenvalue weighted by Gasteiger charge is 2.59. The number of primary amides is 1. The zero-order valence-corrected chi connectivity index (χ0v) is 22.6. The number of aromatic hydroxyl groups is 1. The SMILES string of the molecule is CN(C)c1cc(NCCC(=O)c2ccccc2)c(O)c2c1C[C@H]1C[C@H]3CC(O)=C(C(N)=O)C(=O)[C@@]3(O)C(O)=C1C2=O. The lowest BCUT2D eigenvalue weighted by atomic mass is 9.60. The number of nitrogens with zero attached hydrogens (tertiary/aromatic N) is 1. The summed E-state index contributed by atoms with van der Waals surface area (Å²) in [7, 11) is 3.55. The highest BCUT2D eigenvalue weighted by Crippen LogP contribution is 2.53. The Hall–Kier alpha value is -4.64. The van der Waals surface area contributed by atoms with Crippen LogP contribution in [0.1, 0.15) is 45.5 Å². The molecule has 2 aromatic carbocycles. The molecule has 0 saturated heterocycles. The van der Waals surface area contributed by atoms with Crippen LogP contribution in [0, 0.1) is 11.8 Å². The fourth-order valence-electron chi connectivity index (χ4n) is 6.28. The van der Waals surface area contributed by atoms with Gasteiger partial charge in [-0.15, -0.1) is 0 Å². The fourth-order valence-corrected chi connectivity index (χ4v) is 6.28. The number of ketones is 3. The van der Waals surface area contributed by atoms with Gasteiger partial charge in [-0.3, -0.25) is 19.2 Å². The van der Waals surface area contributed by atoms with Gasteiger partial charge in [0.1, 0.15) is 22.8 Å². The highest BCUT2D eigenvalue weighted by molar-refractivity contribution is 6.24. The summed E-state index contributed by atoms with van der Waals surface area (Å²) in [5.41, 5.74) is 3.39. The summed E-state index contributed by atoms with van der Waals surface area (Å²) >= 11 is 0. The van der Waals surface area contributed by atoms with Gasteiger partial charge in [0.25, 0.3) is 5.91 Å². The van der Waals surface area contributed by atoms with E-state index in [4.69, 9.17) is 5.73 Å². The third-order valence-electron chi connectivity index (χ3n) is 8.28. The Kier molecular flexibility index (Phi) is 6.86. The molecule has 1 amide bonds. The Labute approximate surface area is 235 Å². The van der Waals surface area contributed by atoms with Gasteiger partial charge in [-0.05, 0) is 30.4 Å². The maximum Gasteiger partial charge on any atom is 0.255 e. The van der Waals surface area contributed by atoms with Crippen LogP contribution in [0.4, 0.5) is 11.4 Å². The quantitative estimate of drug-likeness (QED) is 0.166. The van der Waals surface area contributed by atoms with E-state index in [0.717, 1.165) is 0 Å². The first-order chi connectivity index (χ1) is 19.4. The predicted molar refractivity (Wildman–Crippen MR) is 149 cm³/mol. The van der Waals surface area contributed by atoms with Crippen molar-refractivity contribution in [3.8, 4) is 5.75 Å². The van der Waals surface area contributed by atoms with Crippen molar-refractivity contribution in [1.82, 2.24) is 0 Å². The molecule has 0 aliphatic heterocycles. The minimum Gasteiger partial charge on any atom is -0.511 e. The fraction of sp³-hybridized carbons (Fsp3) is 0.333. The molecule has 3 aliphatic carbocycles. The Morgan fingerprint density at radius 2 is 1.78 bits per heavy atom. The number of hydrogen-bond donors (Lipinski definition) is 6. The third-order valence-corrected chi connectivity index (χ3v) is 8.28. The number of benzene rings is 2. The summed E-state index contributed by atoms with van der Waals surface area (Å²) in [5.74, 6) is -6.87. The van der Waals surface area contributed by atoms with Gasteiger partial charge in [0.2, 0.25) is 5.78 Å². The zero-order valence-electron chi connectivity index (χ0n) is 22.6. The summed E-state index contributed by atoms with van der Waals surface area (Å²) in [6.07, 6.45) is 0.0883. The molecule has 7 N–H and O–H groups in total. The summed E-state index contributed by atoms with van der Waals surface area (Å²) in [4.78, 5) is 53.2. The molecule has 41 heavy (non-hydrogen) atoms. The maximum absolute atomic E-state index is 13.9. The number of carbonyl (C=O) groups is 4. The van der Waals surface area contributed by atoms with Crippen LogP contribution in [0.2, 0.25) is 0 Å². The van der Waals surface area contributed by atoms with E-state index in [9.17, 15) is 39.6 Å². The summed E-state index contributed by atoms with van der Waals surface area (Å²) < 4.78 is 0. The first kappa shape index (κ1) is 27.9. The molecule has 11 heteroatoms. The average molecular weight is 562 g/mol. The van der Waals surface area contributed by atoms with E-state index in [1.165, 1.54) is 0 Å². The summed E-state index contributed by atoms with van der Waals surface area (Å²) in [6, 6.07) is 10.4. The Morgan fingerprint density at radius 3 is 2.41 bits per heavy atom. The molecule has 0 radical (unpaired) electrons. The molecule has 3 atom stereocenters. The zero-order chi connectivity index (χ0) is 29.8. The van der Waals surface area contributed by atoms with Crippen LogP contribution in [0.25, 0.3) is 0 Å². The second-order valence-electron chi connectivity index (χ2n) is 10.9. The molecule has 11 nitrogen and oxygen atoms in total. The van der Waals surface area contributed by atoms with Crippen molar-refractivity contribution >= 4 is 34.6 Å².